The first-order valence-electron chi connectivity index (χ1n) is 9.03. The van der Waals surface area contributed by atoms with E-state index >= 15 is 0 Å². The summed E-state index contributed by atoms with van der Waals surface area (Å²) in [4.78, 5) is 25.4. The van der Waals surface area contributed by atoms with Gasteiger partial charge in [0, 0.05) is 30.8 Å². The molecule has 0 spiro atoms. The minimum atomic E-state index is -0.457. The van der Waals surface area contributed by atoms with E-state index in [0.29, 0.717) is 26.9 Å². The van der Waals surface area contributed by atoms with E-state index in [-0.39, 0.29) is 11.6 Å². The number of anilines is 1. The molecule has 2 aliphatic rings. The second-order valence-corrected chi connectivity index (χ2v) is 7.86. The summed E-state index contributed by atoms with van der Waals surface area (Å²) in [6.45, 7) is 1.72. The summed E-state index contributed by atoms with van der Waals surface area (Å²) in [5.74, 6) is -0.280. The van der Waals surface area contributed by atoms with Gasteiger partial charge in [0.05, 0.1) is 26.2 Å². The molecule has 0 fully saturated rings. The molecule has 1 amide bonds. The van der Waals surface area contributed by atoms with E-state index < -0.39 is 4.92 Å². The van der Waals surface area contributed by atoms with Crippen LogP contribution in [0, 0.1) is 10.1 Å². The zero-order chi connectivity index (χ0) is 20.7. The number of amides is 1. The molecule has 148 valence electrons. The van der Waals surface area contributed by atoms with Crippen LogP contribution in [0.5, 0.6) is 0 Å². The number of halogens is 2. The van der Waals surface area contributed by atoms with Gasteiger partial charge in [-0.2, -0.15) is 0 Å². The molecule has 2 aliphatic heterocycles. The molecule has 0 aliphatic carbocycles. The highest BCUT2D eigenvalue weighted by atomic mass is 35.5. The number of nitro benzene ring substituents is 1. The molecule has 2 heterocycles. The van der Waals surface area contributed by atoms with Crippen LogP contribution in [-0.2, 0) is 4.79 Å². The van der Waals surface area contributed by atoms with Crippen molar-refractivity contribution in [1.29, 1.82) is 0 Å². The van der Waals surface area contributed by atoms with Crippen molar-refractivity contribution in [2.75, 3.05) is 25.5 Å². The van der Waals surface area contributed by atoms with Crippen molar-refractivity contribution >= 4 is 57.7 Å². The second kappa shape index (κ2) is 7.63. The fourth-order valence-electron chi connectivity index (χ4n) is 3.58. The molecule has 2 aromatic carbocycles. The molecule has 0 aromatic heterocycles. The monoisotopic (exact) mass is 429 g/mol. The number of carbonyl (C=O) groups is 1. The molecule has 0 atom stereocenters. The number of rotatable bonds is 3. The predicted molar refractivity (Wildman–Crippen MR) is 116 cm³/mol. The number of likely N-dealkylation sites (N-methyl/N-ethyl adjacent to an activating group) is 1. The first-order valence-corrected chi connectivity index (χ1v) is 9.78. The Bertz CT molecular complexity index is 1090. The molecule has 6 nitrogen and oxygen atoms in total. The van der Waals surface area contributed by atoms with Gasteiger partial charge in [0.25, 0.3) is 11.6 Å². The lowest BCUT2D eigenvalue weighted by Crippen LogP contribution is -2.23. The lowest BCUT2D eigenvalue weighted by molar-refractivity contribution is -0.384. The molecule has 4 rings (SSSR count). The van der Waals surface area contributed by atoms with Crippen molar-refractivity contribution in [3.8, 4) is 0 Å². The lowest BCUT2D eigenvalue weighted by Gasteiger charge is -2.23. The Morgan fingerprint density at radius 2 is 1.97 bits per heavy atom. The molecule has 1 N–H and O–H groups in total. The van der Waals surface area contributed by atoms with Gasteiger partial charge in [-0.25, -0.2) is 0 Å². The highest BCUT2D eigenvalue weighted by Gasteiger charge is 2.32. The van der Waals surface area contributed by atoms with Gasteiger partial charge < -0.3 is 10.2 Å². The minimum Gasteiger partial charge on any atom is -0.320 e. The summed E-state index contributed by atoms with van der Waals surface area (Å²) in [6.07, 6.45) is 4.68. The van der Waals surface area contributed by atoms with Crippen molar-refractivity contribution < 1.29 is 9.72 Å². The summed E-state index contributed by atoms with van der Waals surface area (Å²) in [6, 6.07) is 7.86. The summed E-state index contributed by atoms with van der Waals surface area (Å²) in [7, 11) is 2.05. The average Bonchev–Trinajstić information content (AvgIpc) is 3.02. The van der Waals surface area contributed by atoms with Crippen LogP contribution in [-0.4, -0.2) is 35.9 Å². The maximum absolute atomic E-state index is 12.7. The molecular formula is C21H17Cl2N3O3. The first-order chi connectivity index (χ1) is 13.8. The average molecular weight is 430 g/mol. The van der Waals surface area contributed by atoms with Crippen molar-refractivity contribution in [2.24, 2.45) is 0 Å². The van der Waals surface area contributed by atoms with Crippen molar-refractivity contribution in [3.63, 3.8) is 0 Å². The fraction of sp³-hybridized carbons (Fsp3) is 0.190. The van der Waals surface area contributed by atoms with Crippen LogP contribution in [0.25, 0.3) is 17.2 Å². The Kier molecular flexibility index (Phi) is 5.17. The van der Waals surface area contributed by atoms with Crippen LogP contribution in [0.2, 0.25) is 10.0 Å². The largest absolute Gasteiger partial charge is 0.320 e. The summed E-state index contributed by atoms with van der Waals surface area (Å²) in [5, 5.41) is 14.4. The van der Waals surface area contributed by atoms with Crippen LogP contribution in [0.1, 0.15) is 23.1 Å². The molecular weight excluding hydrogens is 413 g/mol. The van der Waals surface area contributed by atoms with Crippen LogP contribution in [0.3, 0.4) is 0 Å². The predicted octanol–water partition coefficient (Wildman–Crippen LogP) is 5.11. The molecule has 0 unspecified atom stereocenters. The Balaban J connectivity index is 1.85. The number of nitro groups is 1. The third-order valence-electron chi connectivity index (χ3n) is 5.15. The fourth-order valence-corrected chi connectivity index (χ4v) is 3.98. The second-order valence-electron chi connectivity index (χ2n) is 7.07. The van der Waals surface area contributed by atoms with Gasteiger partial charge in [0.15, 0.2) is 0 Å². The number of non-ortho nitro benzene ring substituents is 1. The number of carbonyl (C=O) groups excluding carboxylic acids is 1. The van der Waals surface area contributed by atoms with Crippen molar-refractivity contribution in [1.82, 2.24) is 4.90 Å². The smallest absolute Gasteiger partial charge is 0.269 e. The zero-order valence-corrected chi connectivity index (χ0v) is 17.0. The third-order valence-corrected chi connectivity index (χ3v) is 5.93. The number of nitrogens with one attached hydrogen (secondary N) is 1. The van der Waals surface area contributed by atoms with Gasteiger partial charge in [-0.3, -0.25) is 14.9 Å². The number of hydrogen-bond donors (Lipinski definition) is 1. The van der Waals surface area contributed by atoms with Gasteiger partial charge in [-0.1, -0.05) is 29.3 Å². The highest BCUT2D eigenvalue weighted by Crippen LogP contribution is 2.46. The van der Waals surface area contributed by atoms with Crippen LogP contribution < -0.4 is 5.32 Å². The standard InChI is InChI=1S/C21H17Cl2N3O3/c1-25-8-6-13(7-9-25)15-11-17(22)19(23)20-18(15)16(21(27)24-20)10-12-2-4-14(5-3-12)26(28)29/h2-6,10-11H,7-9H2,1H3,(H,24,27)/b16-10-. The van der Waals surface area contributed by atoms with Gasteiger partial charge >= 0.3 is 0 Å². The SMILES string of the molecule is CN1CC=C(c2cc(Cl)c(Cl)c3c2/C(=C/c2ccc([N+](=O)[O-])cc2)C(=O)N3)CC1. The van der Waals surface area contributed by atoms with E-state index in [4.69, 9.17) is 23.2 Å². The van der Waals surface area contributed by atoms with E-state index in [1.807, 2.05) is 6.07 Å². The maximum atomic E-state index is 12.7. The van der Waals surface area contributed by atoms with E-state index in [9.17, 15) is 14.9 Å². The Morgan fingerprint density at radius 1 is 1.24 bits per heavy atom. The number of nitrogens with zero attached hydrogens (tertiary/aromatic N) is 2. The van der Waals surface area contributed by atoms with Crippen LogP contribution in [0.15, 0.2) is 36.4 Å². The van der Waals surface area contributed by atoms with Crippen molar-refractivity contribution in [2.45, 2.75) is 6.42 Å². The lowest BCUT2D eigenvalue weighted by atomic mass is 9.90. The van der Waals surface area contributed by atoms with Gasteiger partial charge in [-0.05, 0) is 54.4 Å². The number of fused-ring (bicyclic) bond motifs is 1. The van der Waals surface area contributed by atoms with Crippen LogP contribution in [0.4, 0.5) is 11.4 Å². The van der Waals surface area contributed by atoms with Gasteiger partial charge in [-0.15, -0.1) is 0 Å². The van der Waals surface area contributed by atoms with Gasteiger partial charge in [0.2, 0.25) is 0 Å². The third kappa shape index (κ3) is 3.67. The number of benzene rings is 2. The zero-order valence-electron chi connectivity index (χ0n) is 15.5. The summed E-state index contributed by atoms with van der Waals surface area (Å²) in [5.41, 5.74) is 4.37. The molecule has 8 heteroatoms. The normalized spacial score (nSPS) is 17.8. The molecule has 0 saturated carbocycles. The van der Waals surface area contributed by atoms with Gasteiger partial charge in [0.1, 0.15) is 0 Å². The molecule has 0 radical (unpaired) electrons. The van der Waals surface area contributed by atoms with E-state index in [1.165, 1.54) is 12.1 Å². The van der Waals surface area contributed by atoms with E-state index in [2.05, 4.69) is 23.3 Å². The van der Waals surface area contributed by atoms with Crippen molar-refractivity contribution in [3.05, 3.63) is 73.3 Å². The Labute approximate surface area is 177 Å². The molecule has 0 saturated heterocycles. The van der Waals surface area contributed by atoms with E-state index in [0.717, 1.165) is 36.2 Å². The Morgan fingerprint density at radius 3 is 2.59 bits per heavy atom. The van der Waals surface area contributed by atoms with E-state index in [1.54, 1.807) is 18.2 Å². The molecule has 2 aromatic rings. The highest BCUT2D eigenvalue weighted by molar-refractivity contribution is 6.47. The van der Waals surface area contributed by atoms with Crippen LogP contribution >= 0.6 is 23.2 Å². The summed E-state index contributed by atoms with van der Waals surface area (Å²) < 4.78 is 0. The molecule has 29 heavy (non-hydrogen) atoms. The minimum absolute atomic E-state index is 0.00424. The topological polar surface area (TPSA) is 75.5 Å². The quantitative estimate of drug-likeness (QED) is 0.417. The first kappa shape index (κ1) is 19.6. The molecule has 0 bridgehead atoms. The number of hydrogen-bond acceptors (Lipinski definition) is 4. The maximum Gasteiger partial charge on any atom is 0.269 e. The summed E-state index contributed by atoms with van der Waals surface area (Å²) >= 11 is 12.7. The Hall–Kier alpha value is -2.67.